The van der Waals surface area contributed by atoms with Crippen LogP contribution in [0.1, 0.15) is 171 Å². The van der Waals surface area contributed by atoms with Crippen LogP contribution in [0.25, 0.3) is 33.4 Å². The largest absolute Gasteiger partial charge is 0.460 e. The maximum absolute atomic E-state index is 15.0. The van der Waals surface area contributed by atoms with Crippen LogP contribution in [0.15, 0.2) is 98.2 Å². The second-order valence-corrected chi connectivity index (χ2v) is 33.2. The lowest BCUT2D eigenvalue weighted by Crippen LogP contribution is -2.61. The van der Waals surface area contributed by atoms with E-state index in [0.29, 0.717) is 208 Å². The number of anilines is 2. The first-order valence-electron chi connectivity index (χ1n) is 43.7. The number of hydroxylamine groups is 1. The molecule has 4 aromatic rings. The molecule has 5 aliphatic heterocycles. The van der Waals surface area contributed by atoms with Gasteiger partial charge in [-0.15, -0.1) is 0 Å². The number of ketones is 2. The summed E-state index contributed by atoms with van der Waals surface area (Å²) in [4.78, 5) is 77.9. The van der Waals surface area contributed by atoms with E-state index in [2.05, 4.69) is 46.0 Å². The highest BCUT2D eigenvalue weighted by Gasteiger charge is 2.54. The van der Waals surface area contributed by atoms with Gasteiger partial charge in [0.05, 0.1) is 115 Å². The van der Waals surface area contributed by atoms with E-state index >= 15 is 0 Å². The van der Waals surface area contributed by atoms with E-state index in [1.807, 2.05) is 85.7 Å². The molecular weight excluding hydrogens is 1560 g/mol. The molecule has 670 valence electrons. The molecule has 2 saturated heterocycles. The lowest BCUT2D eigenvalue weighted by molar-refractivity contribution is -0.760. The van der Waals surface area contributed by atoms with E-state index < -0.39 is 78.1 Å². The van der Waals surface area contributed by atoms with Crippen molar-refractivity contribution in [1.82, 2.24) is 29.6 Å². The van der Waals surface area contributed by atoms with Gasteiger partial charge in [0.25, 0.3) is 17.7 Å². The van der Waals surface area contributed by atoms with E-state index in [0.717, 1.165) is 48.2 Å². The van der Waals surface area contributed by atoms with Crippen LogP contribution in [0.5, 0.6) is 0 Å². The van der Waals surface area contributed by atoms with E-state index in [4.69, 9.17) is 82.7 Å². The van der Waals surface area contributed by atoms with Crippen LogP contribution >= 0.6 is 0 Å². The average Bonchev–Trinajstić information content (AvgIpc) is 1.68. The number of ether oxygens (including phenoxy) is 12. The molecule has 4 bridgehead atoms. The van der Waals surface area contributed by atoms with Gasteiger partial charge in [-0.05, 0) is 151 Å². The normalized spacial score (nSPS) is 29.5. The molecule has 3 aromatic heterocycles. The Bertz CT molecular complexity index is 4220. The molecule has 32 nitrogen and oxygen atoms in total. The third-order valence-electron chi connectivity index (χ3n) is 24.3. The molecule has 17 atom stereocenters. The minimum absolute atomic E-state index is 0.0224. The van der Waals surface area contributed by atoms with Crippen molar-refractivity contribution in [3.63, 3.8) is 0 Å². The molecule has 1 aromatic carbocycles. The number of nitrogen functional groups attached to an aromatic ring is 2. The Kier molecular flexibility index (Phi) is 37.9. The van der Waals surface area contributed by atoms with Crippen LogP contribution < -0.4 is 11.5 Å². The summed E-state index contributed by atoms with van der Waals surface area (Å²) in [6, 6.07) is 4.27. The minimum Gasteiger partial charge on any atom is -0.460 e. The highest BCUT2D eigenvalue weighted by atomic mass is 16.7. The highest BCUT2D eigenvalue weighted by Crippen LogP contribution is 2.40. The number of Topliss-reactive ketones (excluding diaryl/α,β-unsaturated/α-hetero) is 2. The van der Waals surface area contributed by atoms with Gasteiger partial charge < -0.3 is 92.9 Å². The van der Waals surface area contributed by atoms with E-state index in [1.54, 1.807) is 34.3 Å². The van der Waals surface area contributed by atoms with Crippen molar-refractivity contribution in [3.8, 4) is 11.3 Å². The molecule has 1 amide bonds. The Labute approximate surface area is 711 Å². The number of piperidine rings is 1. The molecule has 8 heterocycles. The third-order valence-corrected chi connectivity index (χ3v) is 24.3. The number of aryl methyl sites for hydroxylation is 1. The number of hydrogen-bond donors (Lipinski definition) is 5. The van der Waals surface area contributed by atoms with Gasteiger partial charge in [0.1, 0.15) is 53.1 Å². The molecule has 0 spiro atoms. The summed E-state index contributed by atoms with van der Waals surface area (Å²) in [5.41, 5.74) is 19.0. The predicted molar refractivity (Wildman–Crippen MR) is 452 cm³/mol. The Balaban J connectivity index is 0.667. The van der Waals surface area contributed by atoms with Crippen LogP contribution in [0.4, 0.5) is 11.8 Å². The van der Waals surface area contributed by atoms with Crippen molar-refractivity contribution < 1.29 is 105 Å². The van der Waals surface area contributed by atoms with E-state index in [1.165, 1.54) is 11.2 Å². The number of oxazole rings is 1. The molecule has 32 heteroatoms. The second kappa shape index (κ2) is 48.0. The topological polar surface area (TPSA) is 402 Å². The minimum atomic E-state index is -2.46. The van der Waals surface area contributed by atoms with Crippen LogP contribution in [0.3, 0.4) is 0 Å². The van der Waals surface area contributed by atoms with Gasteiger partial charge in [0.15, 0.2) is 17.3 Å². The van der Waals surface area contributed by atoms with Crippen molar-refractivity contribution in [1.29, 1.82) is 0 Å². The number of allylic oxidation sites excluding steroid dienone is 5. The number of azo groups is 1. The number of aromatic nitrogens is 5. The maximum Gasteiger partial charge on any atom is 0.329 e. The molecule has 3 fully saturated rings. The van der Waals surface area contributed by atoms with Crippen LogP contribution in [-0.4, -0.2) is 266 Å². The second-order valence-electron chi connectivity index (χ2n) is 33.2. The number of nitrogens with two attached hydrogens (primary N) is 2. The Morgan fingerprint density at radius 3 is 2.17 bits per heavy atom. The van der Waals surface area contributed by atoms with Crippen LogP contribution in [0, 0.1) is 35.5 Å². The van der Waals surface area contributed by atoms with Crippen LogP contribution in [0.2, 0.25) is 0 Å². The molecule has 1 unspecified atom stereocenters. The molecule has 7 N–H and O–H groups in total. The fourth-order valence-corrected chi connectivity index (χ4v) is 17.3. The highest BCUT2D eigenvalue weighted by molar-refractivity contribution is 6.39. The molecule has 10 rings (SSSR count). The lowest BCUT2D eigenvalue weighted by Gasteiger charge is -2.43. The number of unbranched alkanes of at least 4 members (excludes halogenated alkanes) is 2. The van der Waals surface area contributed by atoms with Gasteiger partial charge in [-0.25, -0.2) is 19.4 Å². The zero-order chi connectivity index (χ0) is 86.5. The molecule has 121 heavy (non-hydrogen) atoms. The van der Waals surface area contributed by atoms with E-state index in [-0.39, 0.29) is 85.9 Å². The number of carbonyl (C=O) groups is 4. The first kappa shape index (κ1) is 95.6. The quantitative estimate of drug-likeness (QED) is 0.00911. The van der Waals surface area contributed by atoms with Gasteiger partial charge in [0, 0.05) is 113 Å². The van der Waals surface area contributed by atoms with Gasteiger partial charge in [-0.3, -0.25) is 19.2 Å². The summed E-state index contributed by atoms with van der Waals surface area (Å²) in [5, 5.41) is 50.4. The average molecular weight is 1690 g/mol. The number of aliphatic hydroxyl groups is 3. The smallest absolute Gasteiger partial charge is 0.329 e. The number of aliphatic hydroxyl groups excluding tert-OH is 2. The van der Waals surface area contributed by atoms with Gasteiger partial charge in [-0.1, -0.05) is 65.3 Å². The standard InChI is InChI=1S/C89H134N11O21/c1-12-117-75-53-76(59(5)48-63-25-28-72(102)77(49-63)109-10)119-87(106)71-23-17-19-32-98(71)86(105)83(104)89(107)62(8)24-27-68(121-89)52-74(108-9)56(2)20-15-16-22-70-57(3)46-60(6)80(82(110-11)81(103)61(7)47-58(75)4)100(70)118-54-66-51-65(95-96-66)30-34-111-36-38-113-40-42-115-44-45-116-43-41-114-39-37-112-35-31-67(101)21-14-13-18-33-99-85-78(84(90)92-55-93-85)79(97-99)64-26-29-73-69(50-64)94-88(91)120-73/h15-16,20,22,26,29,47,50-51,55,57-60,62-63,65,68,71-72,74-77,81-82,102-103,107H,12-14,17-19,21,23-25,27-28,30-46,48-49,52-54H2,1-11H3,(H2,91,94)(H2,90,92,93)/q+1/b16-15+,56-20+,61-47+,70-22-/t57-,58+,59+,60+,62+,63-,65?,68-,71-,72+,74-,75+,76-,77+,81+,82-,89+/m0/s1. The molecule has 1 aliphatic carbocycles. The first-order chi connectivity index (χ1) is 58.4. The zero-order valence-corrected chi connectivity index (χ0v) is 72.9. The number of methoxy groups -OCH3 is 3. The zero-order valence-electron chi connectivity index (χ0n) is 72.9. The van der Waals surface area contributed by atoms with Crippen LogP contribution in [-0.2, 0) is 87.4 Å². The van der Waals surface area contributed by atoms with Crippen molar-refractivity contribution in [2.24, 2.45) is 45.7 Å². The van der Waals surface area contributed by atoms with Crippen molar-refractivity contribution in [3.05, 3.63) is 83.5 Å². The number of benzene rings is 1. The fourth-order valence-electron chi connectivity index (χ4n) is 17.3. The molecule has 0 radical (unpaired) electrons. The van der Waals surface area contributed by atoms with Crippen molar-refractivity contribution >= 4 is 63.1 Å². The van der Waals surface area contributed by atoms with Gasteiger partial charge in [-0.2, -0.15) is 20.3 Å². The number of carbonyl (C=O) groups excluding carboxylic acids is 4. The fraction of sp³-hybridized carbons (Fsp3) is 0.697. The Hall–Kier alpha value is -7.67. The number of esters is 1. The summed E-state index contributed by atoms with van der Waals surface area (Å²) in [6.45, 7) is 21.6. The monoisotopic (exact) mass is 1690 g/mol. The molecule has 6 aliphatic rings. The maximum atomic E-state index is 15.0. The SMILES string of the molecule is CCO[C@@H]1C[C@@H]([C@H](C)C[C@@H]2CC[C@@H](O)[C@H](OC)C2)OC(=O)[C@@H]2CCCCN2C(=O)C(=O)[C@]2(O)O[C@@H](CC[C@H]2C)C[C@H](OC)/C(C)=C/C=C/C=C2/[C@@H](C)C[C@@H](C)C(=[N+]2OCC2=CC(CCOCCOCCOCCOCCOCCOCCC(=O)CCCCCn3nc(-c4ccc5oc(N)nc5c4)c4c(N)ncnc43)N=N2)[C@H](OC)[C@H](O)/C(C)=C/[C@H]1C. The number of hydrogen-bond acceptors (Lipinski definition) is 29. The number of cyclic esters (lactones) is 1. The van der Waals surface area contributed by atoms with Gasteiger partial charge >= 0.3 is 5.97 Å². The summed E-state index contributed by atoms with van der Waals surface area (Å²) in [7, 11) is 4.79. The summed E-state index contributed by atoms with van der Waals surface area (Å²) < 4.78 is 81.1. The predicted octanol–water partition coefficient (Wildman–Crippen LogP) is 10.7. The third kappa shape index (κ3) is 26.7. The summed E-state index contributed by atoms with van der Waals surface area (Å²) >= 11 is 0. The summed E-state index contributed by atoms with van der Waals surface area (Å²) in [6.07, 6.45) is 17.8. The van der Waals surface area contributed by atoms with Gasteiger partial charge in [0.2, 0.25) is 23.8 Å². The number of fused-ring (bicyclic) bond motifs is 6. The Morgan fingerprint density at radius 1 is 0.752 bits per heavy atom. The van der Waals surface area contributed by atoms with E-state index in [9.17, 15) is 34.5 Å². The van der Waals surface area contributed by atoms with Crippen molar-refractivity contribution in [2.75, 3.05) is 132 Å². The number of rotatable bonds is 39. The molecule has 1 saturated carbocycles. The number of amides is 1. The number of nitrogens with zero attached hydrogens (tertiary/aromatic N) is 9. The molecular formula is C89H134N11O21+. The summed E-state index contributed by atoms with van der Waals surface area (Å²) in [5.74, 6) is -6.01. The van der Waals surface area contributed by atoms with Crippen molar-refractivity contribution in [2.45, 2.75) is 244 Å². The first-order valence-corrected chi connectivity index (χ1v) is 43.7. The lowest BCUT2D eigenvalue weighted by atomic mass is 9.78. The Morgan fingerprint density at radius 2 is 1.46 bits per heavy atom.